The van der Waals surface area contributed by atoms with Crippen LogP contribution in [-0.4, -0.2) is 21.2 Å². The van der Waals surface area contributed by atoms with Crippen molar-refractivity contribution in [3.63, 3.8) is 0 Å². The van der Waals surface area contributed by atoms with Crippen molar-refractivity contribution in [3.05, 3.63) is 47.5 Å². The number of carbonyl (C=O) groups excluding carboxylic acids is 1. The summed E-state index contributed by atoms with van der Waals surface area (Å²) in [5, 5.41) is 10.7. The summed E-state index contributed by atoms with van der Waals surface area (Å²) < 4.78 is 5.55. The van der Waals surface area contributed by atoms with Gasteiger partial charge >= 0.3 is 0 Å². The minimum Gasteiger partial charge on any atom is -0.452 e. The molecule has 0 atom stereocenters. The molecule has 2 aromatic heterocycles. The predicted octanol–water partition coefficient (Wildman–Crippen LogP) is 2.09. The van der Waals surface area contributed by atoms with E-state index in [1.165, 1.54) is 6.20 Å². The Hall–Kier alpha value is -2.43. The van der Waals surface area contributed by atoms with Crippen molar-refractivity contribution in [1.82, 2.24) is 15.4 Å². The van der Waals surface area contributed by atoms with Crippen molar-refractivity contribution in [2.75, 3.05) is 0 Å². The van der Waals surface area contributed by atoms with Gasteiger partial charge in [0.15, 0.2) is 11.5 Å². The Morgan fingerprint density at radius 3 is 3.00 bits per heavy atom. The lowest BCUT2D eigenvalue weighted by Crippen LogP contribution is -1.99. The predicted molar refractivity (Wildman–Crippen MR) is 60.8 cm³/mol. The Bertz CT molecular complexity index is 683. The summed E-state index contributed by atoms with van der Waals surface area (Å²) in [6.45, 7) is 1.94. The Labute approximate surface area is 96.4 Å². The molecule has 0 aliphatic rings. The van der Waals surface area contributed by atoms with E-state index in [1.54, 1.807) is 6.07 Å². The summed E-state index contributed by atoms with van der Waals surface area (Å²) in [5.74, 6) is 0.0116. The normalized spacial score (nSPS) is 10.9. The van der Waals surface area contributed by atoms with Gasteiger partial charge in [0.2, 0.25) is 5.78 Å². The van der Waals surface area contributed by atoms with Gasteiger partial charge in [-0.25, -0.2) is 0 Å². The highest BCUT2D eigenvalue weighted by molar-refractivity contribution is 6.07. The SMILES string of the molecule is Cc1cccc2cc(C(=O)c3cn[nH]n3)oc12. The molecule has 0 radical (unpaired) electrons. The molecule has 0 aliphatic heterocycles. The molecule has 0 aliphatic carbocycles. The number of hydrogen-bond donors (Lipinski definition) is 1. The molecule has 2 heterocycles. The van der Waals surface area contributed by atoms with Crippen molar-refractivity contribution in [1.29, 1.82) is 0 Å². The molecule has 0 saturated heterocycles. The highest BCUT2D eigenvalue weighted by atomic mass is 16.3. The summed E-state index contributed by atoms with van der Waals surface area (Å²) in [6.07, 6.45) is 1.38. The van der Waals surface area contributed by atoms with Crippen molar-refractivity contribution >= 4 is 16.8 Å². The average Bonchev–Trinajstić information content (AvgIpc) is 2.98. The number of nitrogens with one attached hydrogen (secondary N) is 1. The molecule has 3 aromatic rings. The summed E-state index contributed by atoms with van der Waals surface area (Å²) in [7, 11) is 0. The van der Waals surface area contributed by atoms with Crippen LogP contribution in [-0.2, 0) is 0 Å². The van der Waals surface area contributed by atoms with Crippen LogP contribution in [0.25, 0.3) is 11.0 Å². The maximum Gasteiger partial charge on any atom is 0.250 e. The third kappa shape index (κ3) is 1.52. The standard InChI is InChI=1S/C12H9N3O2/c1-7-3-2-4-8-5-10(17-12(7)8)11(16)9-6-13-15-14-9/h2-6H,1H3,(H,13,14,15). The first-order chi connectivity index (χ1) is 8.25. The maximum absolute atomic E-state index is 12.0. The summed E-state index contributed by atoms with van der Waals surface area (Å²) in [5.41, 5.74) is 1.99. The number of rotatable bonds is 2. The van der Waals surface area contributed by atoms with E-state index in [-0.39, 0.29) is 17.2 Å². The number of carbonyl (C=O) groups is 1. The van der Waals surface area contributed by atoms with Crippen LogP contribution in [0.2, 0.25) is 0 Å². The quantitative estimate of drug-likeness (QED) is 0.680. The minimum absolute atomic E-state index is 0.252. The average molecular weight is 227 g/mol. The second kappa shape index (κ2) is 3.55. The molecular weight excluding hydrogens is 218 g/mol. The first-order valence-electron chi connectivity index (χ1n) is 5.15. The minimum atomic E-state index is -0.269. The largest absolute Gasteiger partial charge is 0.452 e. The second-order valence-electron chi connectivity index (χ2n) is 3.79. The lowest BCUT2D eigenvalue weighted by molar-refractivity contribution is 0.101. The van der Waals surface area contributed by atoms with Gasteiger partial charge in [0.25, 0.3) is 0 Å². The monoisotopic (exact) mass is 227 g/mol. The number of ketones is 1. The van der Waals surface area contributed by atoms with Crippen LogP contribution in [0.4, 0.5) is 0 Å². The first-order valence-corrected chi connectivity index (χ1v) is 5.15. The zero-order valence-corrected chi connectivity index (χ0v) is 9.10. The van der Waals surface area contributed by atoms with Crippen LogP contribution in [0.3, 0.4) is 0 Å². The zero-order chi connectivity index (χ0) is 11.8. The molecule has 17 heavy (non-hydrogen) atoms. The van der Waals surface area contributed by atoms with Crippen LogP contribution in [0, 0.1) is 6.92 Å². The molecular formula is C12H9N3O2. The second-order valence-corrected chi connectivity index (χ2v) is 3.79. The molecule has 3 rings (SSSR count). The van der Waals surface area contributed by atoms with Gasteiger partial charge in [-0.3, -0.25) is 4.79 Å². The summed E-state index contributed by atoms with van der Waals surface area (Å²) >= 11 is 0. The maximum atomic E-state index is 12.0. The first kappa shape index (κ1) is 9.77. The van der Waals surface area contributed by atoms with Gasteiger partial charge in [-0.2, -0.15) is 15.4 Å². The van der Waals surface area contributed by atoms with Gasteiger partial charge in [0.05, 0.1) is 6.20 Å². The van der Waals surface area contributed by atoms with Crippen molar-refractivity contribution < 1.29 is 9.21 Å². The zero-order valence-electron chi connectivity index (χ0n) is 9.10. The number of aryl methyl sites for hydroxylation is 1. The van der Waals surface area contributed by atoms with E-state index in [1.807, 2.05) is 25.1 Å². The smallest absolute Gasteiger partial charge is 0.250 e. The molecule has 1 aromatic carbocycles. The van der Waals surface area contributed by atoms with Crippen LogP contribution >= 0.6 is 0 Å². The number of H-pyrrole nitrogens is 1. The van der Waals surface area contributed by atoms with E-state index in [9.17, 15) is 4.79 Å². The number of fused-ring (bicyclic) bond motifs is 1. The van der Waals surface area contributed by atoms with Gasteiger partial charge in [-0.05, 0) is 18.6 Å². The molecule has 5 heteroatoms. The highest BCUT2D eigenvalue weighted by Gasteiger charge is 2.17. The molecule has 0 amide bonds. The molecule has 0 fully saturated rings. The summed E-state index contributed by atoms with van der Waals surface area (Å²) in [4.78, 5) is 12.0. The number of aromatic amines is 1. The number of para-hydroxylation sites is 1. The third-order valence-corrected chi connectivity index (χ3v) is 2.61. The summed E-state index contributed by atoms with van der Waals surface area (Å²) in [6, 6.07) is 7.50. The van der Waals surface area contributed by atoms with Crippen LogP contribution < -0.4 is 0 Å². The molecule has 84 valence electrons. The number of benzene rings is 1. The molecule has 1 N–H and O–H groups in total. The van der Waals surface area contributed by atoms with Crippen molar-refractivity contribution in [2.24, 2.45) is 0 Å². The van der Waals surface area contributed by atoms with E-state index >= 15 is 0 Å². The van der Waals surface area contributed by atoms with E-state index in [0.717, 1.165) is 16.5 Å². The fraction of sp³-hybridized carbons (Fsp3) is 0.0833. The van der Waals surface area contributed by atoms with E-state index in [2.05, 4.69) is 15.4 Å². The van der Waals surface area contributed by atoms with Gasteiger partial charge in [-0.15, -0.1) is 0 Å². The lowest BCUT2D eigenvalue weighted by Gasteiger charge is -1.92. The fourth-order valence-electron chi connectivity index (χ4n) is 1.76. The molecule has 0 spiro atoms. The Morgan fingerprint density at radius 2 is 2.29 bits per heavy atom. The Morgan fingerprint density at radius 1 is 1.41 bits per heavy atom. The lowest BCUT2D eigenvalue weighted by atomic mass is 10.1. The number of aromatic nitrogens is 3. The number of hydrogen-bond acceptors (Lipinski definition) is 4. The third-order valence-electron chi connectivity index (χ3n) is 2.61. The number of furan rings is 1. The van der Waals surface area contributed by atoms with Crippen molar-refractivity contribution in [2.45, 2.75) is 6.92 Å². The van der Waals surface area contributed by atoms with Gasteiger partial charge < -0.3 is 4.42 Å². The fourth-order valence-corrected chi connectivity index (χ4v) is 1.76. The van der Waals surface area contributed by atoms with Crippen LogP contribution in [0.1, 0.15) is 21.8 Å². The topological polar surface area (TPSA) is 71.8 Å². The Kier molecular flexibility index (Phi) is 2.04. The molecule has 0 bridgehead atoms. The van der Waals surface area contributed by atoms with Crippen LogP contribution in [0.5, 0.6) is 0 Å². The van der Waals surface area contributed by atoms with Gasteiger partial charge in [0, 0.05) is 5.39 Å². The van der Waals surface area contributed by atoms with Crippen molar-refractivity contribution in [3.8, 4) is 0 Å². The van der Waals surface area contributed by atoms with Gasteiger partial charge in [0.1, 0.15) is 5.58 Å². The van der Waals surface area contributed by atoms with E-state index in [0.29, 0.717) is 0 Å². The molecule has 5 nitrogen and oxygen atoms in total. The molecule has 0 saturated carbocycles. The van der Waals surface area contributed by atoms with Gasteiger partial charge in [-0.1, -0.05) is 18.2 Å². The van der Waals surface area contributed by atoms with E-state index in [4.69, 9.17) is 4.42 Å². The molecule has 0 unspecified atom stereocenters. The van der Waals surface area contributed by atoms with E-state index < -0.39 is 0 Å². The number of nitrogens with zero attached hydrogens (tertiary/aromatic N) is 2. The highest BCUT2D eigenvalue weighted by Crippen LogP contribution is 2.23. The van der Waals surface area contributed by atoms with Crippen LogP contribution in [0.15, 0.2) is 34.9 Å². The Balaban J connectivity index is 2.13.